The largest absolute Gasteiger partial charge is 0.355 e. The monoisotopic (exact) mass is 533 g/mol. The first-order valence-corrected chi connectivity index (χ1v) is 11.7. The normalized spacial score (nSPS) is 12.8. The van der Waals surface area contributed by atoms with Crippen LogP contribution in [-0.4, -0.2) is 39.5 Å². The molecule has 28 heavy (non-hydrogen) atoms. The molecule has 5 nitrogen and oxygen atoms in total. The molecule has 0 aromatic heterocycles. The Labute approximate surface area is 189 Å². The van der Waals surface area contributed by atoms with Crippen molar-refractivity contribution >= 4 is 51.5 Å². The van der Waals surface area contributed by atoms with E-state index in [1.807, 2.05) is 54.2 Å². The van der Waals surface area contributed by atoms with Crippen molar-refractivity contribution in [3.05, 3.63) is 65.7 Å². The maximum atomic E-state index is 11.3. The van der Waals surface area contributed by atoms with E-state index in [1.165, 1.54) is 11.2 Å². The van der Waals surface area contributed by atoms with Crippen molar-refractivity contribution in [3.63, 3.8) is 0 Å². The van der Waals surface area contributed by atoms with Gasteiger partial charge in [-0.2, -0.15) is 0 Å². The van der Waals surface area contributed by atoms with E-state index >= 15 is 0 Å². The van der Waals surface area contributed by atoms with E-state index in [0.717, 1.165) is 23.6 Å². The summed E-state index contributed by atoms with van der Waals surface area (Å²) < 4.78 is 22.7. The van der Waals surface area contributed by atoms with Crippen molar-refractivity contribution in [1.82, 2.24) is 10.6 Å². The number of hydrogen-bond acceptors (Lipinski definition) is 4. The van der Waals surface area contributed by atoms with E-state index in [2.05, 4.69) is 34.7 Å². The van der Waals surface area contributed by atoms with Crippen LogP contribution >= 0.6 is 35.7 Å². The van der Waals surface area contributed by atoms with Gasteiger partial charge in [0.15, 0.2) is 15.8 Å². The first-order valence-electron chi connectivity index (χ1n) is 8.77. The summed E-state index contributed by atoms with van der Waals surface area (Å²) in [6.07, 6.45) is 1.25. The molecule has 0 saturated carbocycles. The maximum absolute atomic E-state index is 11.3. The summed E-state index contributed by atoms with van der Waals surface area (Å²) in [4.78, 5) is 5.51. The molecule has 0 saturated heterocycles. The van der Waals surface area contributed by atoms with Crippen LogP contribution in [0.15, 0.2) is 64.5 Å². The molecular weight excluding hydrogens is 505 g/mol. The standard InChI is InChI=1S/C20H27N3O2S2.HI/c1-16(26-19-7-5-4-6-8-19)13-22-20(21-2)23-14-17-9-11-18(12-10-17)15-27(3,24)25;/h4-12,16H,13-15H2,1-3H3,(H2,21,22,23);1H. The van der Waals surface area contributed by atoms with Crippen LogP contribution in [0.1, 0.15) is 18.1 Å². The summed E-state index contributed by atoms with van der Waals surface area (Å²) in [7, 11) is -1.26. The molecule has 1 unspecified atom stereocenters. The van der Waals surface area contributed by atoms with Crippen LogP contribution in [0.3, 0.4) is 0 Å². The zero-order valence-corrected chi connectivity index (χ0v) is 20.3. The van der Waals surface area contributed by atoms with Gasteiger partial charge in [-0.25, -0.2) is 8.42 Å². The number of halogens is 1. The van der Waals surface area contributed by atoms with Crippen LogP contribution in [-0.2, 0) is 22.1 Å². The molecule has 8 heteroatoms. The van der Waals surface area contributed by atoms with Gasteiger partial charge >= 0.3 is 0 Å². The van der Waals surface area contributed by atoms with Gasteiger partial charge in [0.25, 0.3) is 0 Å². The van der Waals surface area contributed by atoms with Gasteiger partial charge in [0.2, 0.25) is 0 Å². The van der Waals surface area contributed by atoms with E-state index < -0.39 is 9.84 Å². The molecule has 0 radical (unpaired) electrons. The minimum atomic E-state index is -3.00. The van der Waals surface area contributed by atoms with Crippen LogP contribution in [0.4, 0.5) is 0 Å². The van der Waals surface area contributed by atoms with Crippen molar-refractivity contribution < 1.29 is 8.42 Å². The lowest BCUT2D eigenvalue weighted by Crippen LogP contribution is -2.39. The fourth-order valence-electron chi connectivity index (χ4n) is 2.48. The highest BCUT2D eigenvalue weighted by atomic mass is 127. The third-order valence-corrected chi connectivity index (χ3v) is 5.74. The summed E-state index contributed by atoms with van der Waals surface area (Å²) in [6, 6.07) is 17.9. The minimum absolute atomic E-state index is 0. The quantitative estimate of drug-likeness (QED) is 0.235. The zero-order chi connectivity index (χ0) is 19.7. The number of hydrogen-bond donors (Lipinski definition) is 2. The Morgan fingerprint density at radius 3 is 2.21 bits per heavy atom. The highest BCUT2D eigenvalue weighted by molar-refractivity contribution is 14.0. The molecule has 2 aromatic carbocycles. The van der Waals surface area contributed by atoms with Gasteiger partial charge in [0.05, 0.1) is 5.75 Å². The molecule has 0 aliphatic carbocycles. The van der Waals surface area contributed by atoms with E-state index in [4.69, 9.17) is 0 Å². The van der Waals surface area contributed by atoms with Gasteiger partial charge in [-0.3, -0.25) is 4.99 Å². The Morgan fingerprint density at radius 2 is 1.64 bits per heavy atom. The smallest absolute Gasteiger partial charge is 0.191 e. The van der Waals surface area contributed by atoms with E-state index in [0.29, 0.717) is 11.8 Å². The molecule has 2 N–H and O–H groups in total. The SMILES string of the molecule is CN=C(NCc1ccc(CS(C)(=O)=O)cc1)NCC(C)Sc1ccccc1.I. The molecule has 2 aromatic rings. The molecule has 0 amide bonds. The number of sulfone groups is 1. The lowest BCUT2D eigenvalue weighted by atomic mass is 10.1. The topological polar surface area (TPSA) is 70.6 Å². The van der Waals surface area contributed by atoms with Crippen LogP contribution < -0.4 is 10.6 Å². The van der Waals surface area contributed by atoms with Crippen LogP contribution in [0, 0.1) is 0 Å². The first kappa shape index (κ1) is 24.8. The molecule has 2 rings (SSSR count). The lowest BCUT2D eigenvalue weighted by Gasteiger charge is -2.16. The summed E-state index contributed by atoms with van der Waals surface area (Å²) in [5.41, 5.74) is 1.87. The summed E-state index contributed by atoms with van der Waals surface area (Å²) >= 11 is 1.82. The van der Waals surface area contributed by atoms with Crippen molar-refractivity contribution in [2.75, 3.05) is 19.8 Å². The van der Waals surface area contributed by atoms with Crippen LogP contribution in [0.25, 0.3) is 0 Å². The highest BCUT2D eigenvalue weighted by Gasteiger charge is 2.07. The third kappa shape index (κ3) is 9.79. The molecule has 1 atom stereocenters. The zero-order valence-electron chi connectivity index (χ0n) is 16.4. The predicted octanol–water partition coefficient (Wildman–Crippen LogP) is 3.70. The van der Waals surface area contributed by atoms with Gasteiger partial charge in [0, 0.05) is 36.5 Å². The Hall–Kier alpha value is -1.26. The fraction of sp³-hybridized carbons (Fsp3) is 0.350. The van der Waals surface area contributed by atoms with Crippen molar-refractivity contribution in [2.45, 2.75) is 29.4 Å². The first-order chi connectivity index (χ1) is 12.9. The second kappa shape index (κ2) is 12.3. The van der Waals surface area contributed by atoms with E-state index in [-0.39, 0.29) is 29.7 Å². The number of nitrogens with zero attached hydrogens (tertiary/aromatic N) is 1. The Kier molecular flexibility index (Phi) is 10.9. The fourth-order valence-corrected chi connectivity index (χ4v) is 4.22. The molecular formula is C20H28IN3O2S2. The number of rotatable bonds is 8. The van der Waals surface area contributed by atoms with E-state index in [9.17, 15) is 8.42 Å². The molecule has 0 bridgehead atoms. The molecule has 0 heterocycles. The van der Waals surface area contributed by atoms with E-state index in [1.54, 1.807) is 7.05 Å². The van der Waals surface area contributed by atoms with Crippen LogP contribution in [0.5, 0.6) is 0 Å². The summed E-state index contributed by atoms with van der Waals surface area (Å²) in [5, 5.41) is 7.03. The average Bonchev–Trinajstić information content (AvgIpc) is 2.63. The van der Waals surface area contributed by atoms with Crippen LogP contribution in [0.2, 0.25) is 0 Å². The van der Waals surface area contributed by atoms with Crippen molar-refractivity contribution in [1.29, 1.82) is 0 Å². The molecule has 154 valence electrons. The van der Waals surface area contributed by atoms with Gasteiger partial charge in [-0.05, 0) is 23.3 Å². The summed E-state index contributed by atoms with van der Waals surface area (Å²) in [6.45, 7) is 3.60. The van der Waals surface area contributed by atoms with Crippen molar-refractivity contribution in [3.8, 4) is 0 Å². The predicted molar refractivity (Wildman–Crippen MR) is 130 cm³/mol. The van der Waals surface area contributed by atoms with Gasteiger partial charge in [-0.15, -0.1) is 35.7 Å². The molecule has 0 fully saturated rings. The number of benzene rings is 2. The second-order valence-corrected chi connectivity index (χ2v) is 10.1. The Bertz CT molecular complexity index is 842. The van der Waals surface area contributed by atoms with Gasteiger partial charge in [0.1, 0.15) is 0 Å². The van der Waals surface area contributed by atoms with Gasteiger partial charge in [-0.1, -0.05) is 49.4 Å². The number of nitrogens with one attached hydrogen (secondary N) is 2. The Balaban J connectivity index is 0.00000392. The minimum Gasteiger partial charge on any atom is -0.355 e. The third-order valence-electron chi connectivity index (χ3n) is 3.77. The maximum Gasteiger partial charge on any atom is 0.191 e. The number of aliphatic imine (C=N–C) groups is 1. The molecule has 0 aliphatic rings. The van der Waals surface area contributed by atoms with Crippen molar-refractivity contribution in [2.24, 2.45) is 4.99 Å². The number of thioether (sulfide) groups is 1. The Morgan fingerprint density at radius 1 is 1.04 bits per heavy atom. The van der Waals surface area contributed by atoms with Gasteiger partial charge < -0.3 is 10.6 Å². The molecule has 0 spiro atoms. The summed E-state index contributed by atoms with van der Waals surface area (Å²) in [5.74, 6) is 0.816. The number of guanidine groups is 1. The highest BCUT2D eigenvalue weighted by Crippen LogP contribution is 2.21. The lowest BCUT2D eigenvalue weighted by molar-refractivity contribution is 0.601. The molecule has 0 aliphatic heterocycles. The average molecular weight is 534 g/mol. The second-order valence-electron chi connectivity index (χ2n) is 6.43.